The molecule has 0 atom stereocenters. The molecule has 1 amide bonds. The number of nitrogens with zero attached hydrogens (tertiary/aromatic N) is 1. The van der Waals surface area contributed by atoms with Gasteiger partial charge in [0.25, 0.3) is 5.91 Å². The zero-order valence-corrected chi connectivity index (χ0v) is 10.7. The van der Waals surface area contributed by atoms with Crippen LogP contribution in [0.3, 0.4) is 0 Å². The van der Waals surface area contributed by atoms with Crippen LogP contribution in [0.4, 0.5) is 0 Å². The quantitative estimate of drug-likeness (QED) is 0.902. The number of carbonyl (C=O) groups excluding carboxylic acids is 1. The summed E-state index contributed by atoms with van der Waals surface area (Å²) >= 11 is 6.02. The highest BCUT2D eigenvalue weighted by atomic mass is 35.5. The summed E-state index contributed by atoms with van der Waals surface area (Å²) in [7, 11) is 0. The number of fused-ring (bicyclic) bond motifs is 1. The van der Waals surface area contributed by atoms with E-state index in [-0.39, 0.29) is 19.3 Å². The van der Waals surface area contributed by atoms with Crippen LogP contribution in [0.1, 0.15) is 17.3 Å². The lowest BCUT2D eigenvalue weighted by Gasteiger charge is -2.19. The minimum absolute atomic E-state index is 0.0716. The van der Waals surface area contributed by atoms with Crippen LogP contribution in [-0.4, -0.2) is 42.4 Å². The molecule has 1 aliphatic rings. The first-order chi connectivity index (χ1) is 8.67. The Balaban J connectivity index is 2.28. The van der Waals surface area contributed by atoms with E-state index in [2.05, 4.69) is 0 Å². The number of hydrogen-bond donors (Lipinski definition) is 1. The van der Waals surface area contributed by atoms with Gasteiger partial charge in [-0.15, -0.1) is 0 Å². The van der Waals surface area contributed by atoms with Crippen LogP contribution >= 0.6 is 11.6 Å². The molecule has 0 saturated carbocycles. The third-order valence-corrected chi connectivity index (χ3v) is 2.99. The number of aliphatic hydroxyl groups excluding tert-OH is 1. The minimum atomic E-state index is -0.188. The van der Waals surface area contributed by atoms with Crippen LogP contribution < -0.4 is 9.47 Å². The van der Waals surface area contributed by atoms with Crippen molar-refractivity contribution < 1.29 is 19.4 Å². The van der Waals surface area contributed by atoms with E-state index in [4.69, 9.17) is 26.2 Å². The van der Waals surface area contributed by atoms with Crippen molar-refractivity contribution in [3.8, 4) is 11.5 Å². The smallest absolute Gasteiger partial charge is 0.254 e. The summed E-state index contributed by atoms with van der Waals surface area (Å²) in [5, 5.41) is 9.26. The lowest BCUT2D eigenvalue weighted by Crippen LogP contribution is -2.33. The lowest BCUT2D eigenvalue weighted by molar-refractivity contribution is 0.0731. The van der Waals surface area contributed by atoms with Gasteiger partial charge in [-0.3, -0.25) is 4.79 Å². The zero-order chi connectivity index (χ0) is 13.1. The highest BCUT2D eigenvalue weighted by Crippen LogP contribution is 2.39. The van der Waals surface area contributed by atoms with Gasteiger partial charge in [-0.2, -0.15) is 0 Å². The highest BCUT2D eigenvalue weighted by molar-refractivity contribution is 6.32. The second-order valence-electron chi connectivity index (χ2n) is 3.80. The lowest BCUT2D eigenvalue weighted by atomic mass is 10.1. The number of halogens is 1. The second-order valence-corrected chi connectivity index (χ2v) is 4.21. The predicted octanol–water partition coefficient (Wildman–Crippen LogP) is 1.52. The molecule has 0 spiro atoms. The molecule has 0 radical (unpaired) electrons. The Bertz CT molecular complexity index is 464. The number of rotatable bonds is 4. The van der Waals surface area contributed by atoms with E-state index in [1.807, 2.05) is 6.92 Å². The van der Waals surface area contributed by atoms with E-state index in [1.165, 1.54) is 4.90 Å². The van der Waals surface area contributed by atoms with Crippen LogP contribution in [-0.2, 0) is 0 Å². The molecule has 0 bridgehead atoms. The van der Waals surface area contributed by atoms with Gasteiger partial charge in [-0.1, -0.05) is 11.6 Å². The molecule has 1 N–H and O–H groups in total. The fourth-order valence-corrected chi connectivity index (χ4v) is 2.06. The van der Waals surface area contributed by atoms with Gasteiger partial charge in [0.05, 0.1) is 11.6 Å². The standard InChI is InChI=1S/C12H14ClNO4/c1-2-14(3-4-15)12(16)8-5-9(13)11-10(6-8)17-7-18-11/h5-6,15H,2-4,7H2,1H3. The van der Waals surface area contributed by atoms with E-state index in [0.717, 1.165) is 0 Å². The van der Waals surface area contributed by atoms with Gasteiger partial charge in [0.1, 0.15) is 0 Å². The number of likely N-dealkylation sites (N-methyl/N-ethyl adjacent to an activating group) is 1. The van der Waals surface area contributed by atoms with Crippen LogP contribution in [0.25, 0.3) is 0 Å². The molecule has 2 rings (SSSR count). The van der Waals surface area contributed by atoms with Crippen LogP contribution in [0.5, 0.6) is 11.5 Å². The Morgan fingerprint density at radius 1 is 1.50 bits per heavy atom. The first-order valence-corrected chi connectivity index (χ1v) is 6.04. The number of hydrogen-bond acceptors (Lipinski definition) is 4. The molecule has 1 aromatic rings. The van der Waals surface area contributed by atoms with Crippen molar-refractivity contribution in [1.29, 1.82) is 0 Å². The molecule has 0 saturated heterocycles. The molecule has 0 fully saturated rings. The Morgan fingerprint density at radius 2 is 2.28 bits per heavy atom. The number of amides is 1. The average Bonchev–Trinajstić information content (AvgIpc) is 2.83. The van der Waals surface area contributed by atoms with Gasteiger partial charge in [-0.05, 0) is 19.1 Å². The van der Waals surface area contributed by atoms with Crippen molar-refractivity contribution >= 4 is 17.5 Å². The largest absolute Gasteiger partial charge is 0.454 e. The van der Waals surface area contributed by atoms with E-state index in [9.17, 15) is 4.79 Å². The summed E-state index contributed by atoms with van der Waals surface area (Å²) in [4.78, 5) is 13.7. The first kappa shape index (κ1) is 13.0. The van der Waals surface area contributed by atoms with Crippen LogP contribution in [0, 0.1) is 0 Å². The molecule has 1 heterocycles. The number of ether oxygens (including phenoxy) is 2. The summed E-state index contributed by atoms with van der Waals surface area (Å²) in [6, 6.07) is 3.16. The molecule has 98 valence electrons. The van der Waals surface area contributed by atoms with Crippen molar-refractivity contribution in [1.82, 2.24) is 4.90 Å². The SMILES string of the molecule is CCN(CCO)C(=O)c1cc(Cl)c2c(c1)OCO2. The molecule has 0 unspecified atom stereocenters. The molecule has 1 aliphatic heterocycles. The first-order valence-electron chi connectivity index (χ1n) is 5.66. The molecule has 5 nitrogen and oxygen atoms in total. The summed E-state index contributed by atoms with van der Waals surface area (Å²) in [5.74, 6) is 0.760. The zero-order valence-electron chi connectivity index (χ0n) is 9.98. The third-order valence-electron chi connectivity index (χ3n) is 2.71. The number of carbonyl (C=O) groups is 1. The van der Waals surface area contributed by atoms with E-state index >= 15 is 0 Å². The maximum Gasteiger partial charge on any atom is 0.254 e. The molecule has 0 aliphatic carbocycles. The topological polar surface area (TPSA) is 59.0 Å². The molecule has 18 heavy (non-hydrogen) atoms. The van der Waals surface area contributed by atoms with Crippen molar-refractivity contribution in [3.05, 3.63) is 22.7 Å². The Hall–Kier alpha value is -1.46. The van der Waals surface area contributed by atoms with E-state index in [1.54, 1.807) is 12.1 Å². The van der Waals surface area contributed by atoms with Crippen LogP contribution in [0.15, 0.2) is 12.1 Å². The second kappa shape index (κ2) is 5.46. The maximum absolute atomic E-state index is 12.2. The van der Waals surface area contributed by atoms with Gasteiger partial charge in [0, 0.05) is 18.7 Å². The van der Waals surface area contributed by atoms with Crippen molar-refractivity contribution in [2.24, 2.45) is 0 Å². The number of aliphatic hydroxyl groups is 1. The van der Waals surface area contributed by atoms with E-state index < -0.39 is 0 Å². The molecule has 1 aromatic carbocycles. The Morgan fingerprint density at radius 3 is 2.94 bits per heavy atom. The fourth-order valence-electron chi connectivity index (χ4n) is 1.80. The van der Waals surface area contributed by atoms with Crippen molar-refractivity contribution in [2.75, 3.05) is 26.5 Å². The highest BCUT2D eigenvalue weighted by Gasteiger charge is 2.22. The summed E-state index contributed by atoms with van der Waals surface area (Å²) in [6.07, 6.45) is 0. The fraction of sp³-hybridized carbons (Fsp3) is 0.417. The van der Waals surface area contributed by atoms with E-state index in [0.29, 0.717) is 35.2 Å². The predicted molar refractivity (Wildman–Crippen MR) is 66.2 cm³/mol. The Labute approximate surface area is 110 Å². The number of benzene rings is 1. The van der Waals surface area contributed by atoms with Gasteiger partial charge < -0.3 is 19.5 Å². The maximum atomic E-state index is 12.2. The molecular weight excluding hydrogens is 258 g/mol. The van der Waals surface area contributed by atoms with Crippen molar-refractivity contribution in [2.45, 2.75) is 6.92 Å². The van der Waals surface area contributed by atoms with Gasteiger partial charge in [0.15, 0.2) is 11.5 Å². The molecule has 0 aromatic heterocycles. The van der Waals surface area contributed by atoms with Crippen LogP contribution in [0.2, 0.25) is 5.02 Å². The minimum Gasteiger partial charge on any atom is -0.454 e. The van der Waals surface area contributed by atoms with Gasteiger partial charge in [-0.25, -0.2) is 0 Å². The average molecular weight is 272 g/mol. The van der Waals surface area contributed by atoms with Gasteiger partial charge in [0.2, 0.25) is 6.79 Å². The molecular formula is C12H14ClNO4. The van der Waals surface area contributed by atoms with Crippen molar-refractivity contribution in [3.63, 3.8) is 0 Å². The third kappa shape index (κ3) is 2.37. The normalized spacial score (nSPS) is 12.6. The summed E-state index contributed by atoms with van der Waals surface area (Å²) in [6.45, 7) is 2.70. The molecule has 6 heteroatoms. The summed E-state index contributed by atoms with van der Waals surface area (Å²) in [5.41, 5.74) is 0.430. The Kier molecular flexibility index (Phi) is 3.93. The van der Waals surface area contributed by atoms with Gasteiger partial charge >= 0.3 is 0 Å². The monoisotopic (exact) mass is 271 g/mol. The summed E-state index contributed by atoms with van der Waals surface area (Å²) < 4.78 is 10.4.